The van der Waals surface area contributed by atoms with E-state index in [0.717, 1.165) is 17.3 Å². The minimum absolute atomic E-state index is 0. The van der Waals surface area contributed by atoms with Crippen LogP contribution < -0.4 is 15.8 Å². The Hall–Kier alpha value is -2.99. The van der Waals surface area contributed by atoms with Crippen LogP contribution in [0, 0.1) is 11.3 Å². The molecule has 0 bridgehead atoms. The summed E-state index contributed by atoms with van der Waals surface area (Å²) in [5, 5.41) is 34.1. The highest BCUT2D eigenvalue weighted by atomic mass is 127. The van der Waals surface area contributed by atoms with Gasteiger partial charge in [-0.1, -0.05) is 4.68 Å². The number of nitrogens with one attached hydrogen (secondary N) is 1. The van der Waals surface area contributed by atoms with Crippen LogP contribution in [0.25, 0.3) is 11.6 Å². The molecule has 1 aliphatic rings. The van der Waals surface area contributed by atoms with Crippen molar-refractivity contribution < 1.29 is 9.79 Å². The van der Waals surface area contributed by atoms with Gasteiger partial charge >= 0.3 is 0 Å². The first kappa shape index (κ1) is 22.3. The molecule has 1 heterocycles. The molecule has 3 rings (SSSR count). The van der Waals surface area contributed by atoms with Crippen molar-refractivity contribution >= 4 is 48.2 Å². The summed E-state index contributed by atoms with van der Waals surface area (Å²) >= 11 is 0. The zero-order valence-electron chi connectivity index (χ0n) is 15.7. The predicted octanol–water partition coefficient (Wildman–Crippen LogP) is 0.125. The van der Waals surface area contributed by atoms with Gasteiger partial charge < -0.3 is 15.8 Å². The Morgan fingerprint density at radius 1 is 1.21 bits per heavy atom. The van der Waals surface area contributed by atoms with Crippen molar-refractivity contribution in [3.05, 3.63) is 75.5 Å². The Bertz CT molecular complexity index is 1060. The fourth-order valence-electron chi connectivity index (χ4n) is 2.75. The number of rotatable bonds is 5. The summed E-state index contributed by atoms with van der Waals surface area (Å²) < 4.78 is 1.86. The highest BCUT2D eigenvalue weighted by Gasteiger charge is 2.23. The van der Waals surface area contributed by atoms with Gasteiger partial charge in [0, 0.05) is 17.3 Å². The summed E-state index contributed by atoms with van der Waals surface area (Å²) in [5.41, 5.74) is 1.49. The number of hydrogen-bond donors (Lipinski definition) is 2. The van der Waals surface area contributed by atoms with Crippen LogP contribution in [0.15, 0.2) is 53.5 Å². The lowest BCUT2D eigenvalue weighted by Gasteiger charge is -2.17. The molecule has 0 radical (unpaired) electrons. The number of benzene rings is 2. The molecule has 0 fully saturated rings. The molecule has 2 aromatic carbocycles. The fraction of sp³-hybridized carbons (Fsp3) is 0.190. The van der Waals surface area contributed by atoms with Crippen LogP contribution >= 0.6 is 24.0 Å². The number of aliphatic hydroxyl groups excluding tert-OH is 1. The molecular formula is C21H21IN6O. The number of aliphatic hydroxyl groups is 1. The monoisotopic (exact) mass is 500 g/mol. The number of hydrazine groups is 1. The lowest BCUT2D eigenvalue weighted by atomic mass is 10.2. The molecule has 7 nitrogen and oxygen atoms in total. The van der Waals surface area contributed by atoms with Gasteiger partial charge in [0.1, 0.15) is 6.54 Å². The quantitative estimate of drug-likeness (QED) is 0.264. The van der Waals surface area contributed by atoms with Crippen LogP contribution in [-0.2, 0) is 0 Å². The van der Waals surface area contributed by atoms with Crippen molar-refractivity contribution in [3.8, 4) is 6.07 Å². The van der Waals surface area contributed by atoms with E-state index >= 15 is 0 Å². The number of guanidine groups is 1. The van der Waals surface area contributed by atoms with E-state index in [1.807, 2.05) is 46.4 Å². The molecule has 2 aromatic rings. The highest BCUT2D eigenvalue weighted by Crippen LogP contribution is 2.03. The molecule has 0 atom stereocenters. The second kappa shape index (κ2) is 11.1. The van der Waals surface area contributed by atoms with E-state index in [1.165, 1.54) is 0 Å². The number of aliphatic imine (C=N–C) groups is 1. The average Bonchev–Trinajstić information content (AvgIpc) is 3.27. The van der Waals surface area contributed by atoms with Crippen LogP contribution in [0.5, 0.6) is 0 Å². The average molecular weight is 500 g/mol. The van der Waals surface area contributed by atoms with Crippen molar-refractivity contribution in [2.45, 2.75) is 0 Å². The van der Waals surface area contributed by atoms with Crippen molar-refractivity contribution in [2.24, 2.45) is 4.99 Å². The minimum Gasteiger partial charge on any atom is -0.763 e. The van der Waals surface area contributed by atoms with Gasteiger partial charge in [-0.25, -0.2) is 4.99 Å². The molecule has 0 spiro atoms. The number of hydrogen-bond acceptors (Lipinski definition) is 5. The Labute approximate surface area is 186 Å². The van der Waals surface area contributed by atoms with E-state index < -0.39 is 0 Å². The molecule has 0 saturated heterocycles. The van der Waals surface area contributed by atoms with Gasteiger partial charge in [0.25, 0.3) is 5.96 Å². The van der Waals surface area contributed by atoms with Crippen LogP contribution in [0.2, 0.25) is 0 Å². The van der Waals surface area contributed by atoms with Crippen molar-refractivity contribution in [3.63, 3.8) is 0 Å². The van der Waals surface area contributed by atoms with Crippen molar-refractivity contribution in [1.29, 1.82) is 5.26 Å². The molecular weight excluding hydrogens is 479 g/mol. The number of nitriles is 1. The van der Waals surface area contributed by atoms with E-state index in [2.05, 4.69) is 22.2 Å². The van der Waals surface area contributed by atoms with Crippen molar-refractivity contribution in [2.75, 3.05) is 26.2 Å². The summed E-state index contributed by atoms with van der Waals surface area (Å²) in [6.07, 6.45) is 3.80. The van der Waals surface area contributed by atoms with Gasteiger partial charge in [-0.2, -0.15) is 5.26 Å². The van der Waals surface area contributed by atoms with E-state index in [0.29, 0.717) is 29.8 Å². The predicted molar refractivity (Wildman–Crippen MR) is 124 cm³/mol. The van der Waals surface area contributed by atoms with Gasteiger partial charge in [0.15, 0.2) is 0 Å². The smallest absolute Gasteiger partial charge is 0.252 e. The zero-order chi connectivity index (χ0) is 19.8. The van der Waals surface area contributed by atoms with Crippen molar-refractivity contribution in [1.82, 2.24) is 10.3 Å². The lowest BCUT2D eigenvalue weighted by molar-refractivity contribution is -0.577. The normalized spacial score (nSPS) is 12.7. The Kier molecular flexibility index (Phi) is 8.55. The van der Waals surface area contributed by atoms with Gasteiger partial charge in [-0.05, 0) is 53.7 Å². The SMILES string of the molecule is I.N#Cc1ccc(/C=[N+](/C=c2ccc(=C=[N-])cc2)N(CCO)C2=NCCN2)cc1. The Morgan fingerprint density at radius 2 is 1.93 bits per heavy atom. The number of hydrazone groups is 1. The second-order valence-corrected chi connectivity index (χ2v) is 6.08. The summed E-state index contributed by atoms with van der Waals surface area (Å²) in [6.45, 7) is 1.74. The maximum atomic E-state index is 9.56. The van der Waals surface area contributed by atoms with E-state index in [9.17, 15) is 5.11 Å². The first-order valence-corrected chi connectivity index (χ1v) is 8.88. The third-order valence-corrected chi connectivity index (χ3v) is 4.13. The molecule has 0 unspecified atom stereocenters. The summed E-state index contributed by atoms with van der Waals surface area (Å²) in [4.78, 5) is 4.47. The Balaban J connectivity index is 0.00000300. The molecule has 1 aliphatic heterocycles. The zero-order valence-corrected chi connectivity index (χ0v) is 18.0. The fourth-order valence-corrected chi connectivity index (χ4v) is 2.75. The number of nitrogens with zero attached hydrogens (tertiary/aromatic N) is 5. The first-order valence-electron chi connectivity index (χ1n) is 8.88. The maximum Gasteiger partial charge on any atom is 0.252 e. The first-order chi connectivity index (χ1) is 13.7. The highest BCUT2D eigenvalue weighted by molar-refractivity contribution is 14.0. The second-order valence-electron chi connectivity index (χ2n) is 6.08. The topological polar surface area (TPSA) is 97.0 Å². The molecule has 2 N–H and O–H groups in total. The van der Waals surface area contributed by atoms with Gasteiger partial charge in [0.2, 0.25) is 12.4 Å². The van der Waals surface area contributed by atoms with Crippen LogP contribution in [0.3, 0.4) is 0 Å². The molecule has 8 heteroatoms. The third-order valence-electron chi connectivity index (χ3n) is 4.13. The van der Waals surface area contributed by atoms with Gasteiger partial charge in [-0.15, -0.1) is 29.0 Å². The summed E-state index contributed by atoms with van der Waals surface area (Å²) in [6, 6.07) is 16.6. The van der Waals surface area contributed by atoms with Crippen LogP contribution in [-0.4, -0.2) is 59.1 Å². The lowest BCUT2D eigenvalue weighted by Crippen LogP contribution is -2.46. The largest absolute Gasteiger partial charge is 0.763 e. The third kappa shape index (κ3) is 5.99. The molecule has 0 aliphatic carbocycles. The standard InChI is InChI=1S/C21H20N6O.HI/c22-13-17-1-5-19(6-2-17)15-26(16-20-7-3-18(14-23)4-8-20)27(11-12-28)21-24-9-10-25-21;/h1-8,15-16,28H,9-12H2,(H,24,25);1H/b26-15-;. The summed E-state index contributed by atoms with van der Waals surface area (Å²) in [7, 11) is 0. The van der Waals surface area contributed by atoms with E-state index in [-0.39, 0.29) is 30.6 Å². The molecule has 29 heavy (non-hydrogen) atoms. The van der Waals surface area contributed by atoms with Gasteiger partial charge in [-0.3, -0.25) is 5.87 Å². The van der Waals surface area contributed by atoms with Crippen LogP contribution in [0.4, 0.5) is 0 Å². The van der Waals surface area contributed by atoms with Crippen LogP contribution in [0.1, 0.15) is 11.1 Å². The Morgan fingerprint density at radius 3 is 2.48 bits per heavy atom. The van der Waals surface area contributed by atoms with E-state index in [4.69, 9.17) is 10.7 Å². The minimum atomic E-state index is -0.0420. The molecule has 0 aromatic heterocycles. The van der Waals surface area contributed by atoms with E-state index in [1.54, 1.807) is 24.3 Å². The summed E-state index contributed by atoms with van der Waals surface area (Å²) in [5.74, 6) is 2.80. The number of halogens is 1. The molecule has 0 amide bonds. The van der Waals surface area contributed by atoms with Gasteiger partial charge in [0.05, 0.1) is 24.8 Å². The molecule has 0 saturated carbocycles. The molecule has 148 valence electrons. The maximum absolute atomic E-state index is 9.56.